The van der Waals surface area contributed by atoms with Crippen LogP contribution in [0.25, 0.3) is 5.65 Å². The summed E-state index contributed by atoms with van der Waals surface area (Å²) in [5.74, 6) is -0.480. The summed E-state index contributed by atoms with van der Waals surface area (Å²) in [6.07, 6.45) is 1.42. The lowest BCUT2D eigenvalue weighted by molar-refractivity contribution is -0.181. The molecule has 0 N–H and O–H groups in total. The number of aryl methyl sites for hydroxylation is 3. The molecule has 2 aliphatic rings. The molecule has 2 aromatic heterocycles. The van der Waals surface area contributed by atoms with Crippen molar-refractivity contribution in [2.75, 3.05) is 26.3 Å². The molecule has 0 radical (unpaired) electrons. The van der Waals surface area contributed by atoms with Crippen LogP contribution in [0.1, 0.15) is 40.3 Å². The Kier molecular flexibility index (Phi) is 3.58. The van der Waals surface area contributed by atoms with Crippen LogP contribution in [0, 0.1) is 20.8 Å². The second-order valence-corrected chi connectivity index (χ2v) is 6.63. The van der Waals surface area contributed by atoms with Crippen molar-refractivity contribution in [1.29, 1.82) is 0 Å². The van der Waals surface area contributed by atoms with Crippen LogP contribution in [0.5, 0.6) is 0 Å². The van der Waals surface area contributed by atoms with Crippen molar-refractivity contribution in [3.63, 3.8) is 0 Å². The molecule has 0 aromatic carbocycles. The van der Waals surface area contributed by atoms with Crippen LogP contribution < -0.4 is 0 Å². The van der Waals surface area contributed by atoms with Crippen molar-refractivity contribution in [2.45, 2.75) is 39.4 Å². The van der Waals surface area contributed by atoms with Crippen LogP contribution >= 0.6 is 0 Å². The molecule has 7 heteroatoms. The summed E-state index contributed by atoms with van der Waals surface area (Å²) in [6.45, 7) is 8.31. The molecule has 128 valence electrons. The SMILES string of the molecule is Cc1cc(C)n2nc(C)c(C(=O)N3CCC4(CC3)OCCO4)c2n1. The van der Waals surface area contributed by atoms with E-state index in [1.807, 2.05) is 31.7 Å². The summed E-state index contributed by atoms with van der Waals surface area (Å²) in [5, 5.41) is 4.50. The standard InChI is InChI=1S/C17H22N4O3/c1-11-10-12(2)21-15(18-11)14(13(3)19-21)16(22)20-6-4-17(5-7-20)23-8-9-24-17/h10H,4-9H2,1-3H3. The fraction of sp³-hybridized carbons (Fsp3) is 0.588. The van der Waals surface area contributed by atoms with Crippen molar-refractivity contribution in [3.05, 3.63) is 28.7 Å². The summed E-state index contributed by atoms with van der Waals surface area (Å²) in [6, 6.07) is 1.97. The number of aromatic nitrogens is 3. The van der Waals surface area contributed by atoms with Crippen LogP contribution in [-0.2, 0) is 9.47 Å². The molecule has 0 bridgehead atoms. The van der Waals surface area contributed by atoms with Gasteiger partial charge in [-0.05, 0) is 26.8 Å². The molecule has 4 rings (SSSR count). The third kappa shape index (κ3) is 2.39. The average molecular weight is 330 g/mol. The zero-order chi connectivity index (χ0) is 16.9. The highest BCUT2D eigenvalue weighted by Gasteiger charge is 2.41. The molecule has 2 fully saturated rings. The Morgan fingerprint density at radius 1 is 1.17 bits per heavy atom. The maximum absolute atomic E-state index is 13.1. The predicted molar refractivity (Wildman–Crippen MR) is 87.0 cm³/mol. The fourth-order valence-corrected chi connectivity index (χ4v) is 3.67. The maximum Gasteiger partial charge on any atom is 0.259 e. The molecule has 1 amide bonds. The van der Waals surface area contributed by atoms with Crippen LogP contribution in [-0.4, -0.2) is 57.5 Å². The first-order valence-corrected chi connectivity index (χ1v) is 8.40. The van der Waals surface area contributed by atoms with Gasteiger partial charge in [-0.25, -0.2) is 9.50 Å². The van der Waals surface area contributed by atoms with Gasteiger partial charge in [0, 0.05) is 37.3 Å². The highest BCUT2D eigenvalue weighted by atomic mass is 16.7. The third-order valence-electron chi connectivity index (χ3n) is 4.91. The van der Waals surface area contributed by atoms with Crippen molar-refractivity contribution in [3.8, 4) is 0 Å². The second-order valence-electron chi connectivity index (χ2n) is 6.63. The van der Waals surface area contributed by atoms with Crippen LogP contribution in [0.2, 0.25) is 0 Å². The van der Waals surface area contributed by atoms with E-state index in [9.17, 15) is 4.79 Å². The Balaban J connectivity index is 1.63. The van der Waals surface area contributed by atoms with Gasteiger partial charge in [-0.1, -0.05) is 0 Å². The van der Waals surface area contributed by atoms with Crippen LogP contribution in [0.3, 0.4) is 0 Å². The van der Waals surface area contributed by atoms with E-state index in [1.54, 1.807) is 4.52 Å². The number of amides is 1. The van der Waals surface area contributed by atoms with Gasteiger partial charge < -0.3 is 14.4 Å². The number of piperidine rings is 1. The van der Waals surface area contributed by atoms with E-state index in [2.05, 4.69) is 10.1 Å². The van der Waals surface area contributed by atoms with Gasteiger partial charge in [-0.2, -0.15) is 5.10 Å². The minimum absolute atomic E-state index is 0.00662. The molecule has 4 heterocycles. The van der Waals surface area contributed by atoms with Gasteiger partial charge >= 0.3 is 0 Å². The number of rotatable bonds is 1. The first kappa shape index (κ1) is 15.5. The Hall–Kier alpha value is -1.99. The topological polar surface area (TPSA) is 69.0 Å². The van der Waals surface area contributed by atoms with E-state index >= 15 is 0 Å². The lowest BCUT2D eigenvalue weighted by Crippen LogP contribution is -2.47. The highest BCUT2D eigenvalue weighted by molar-refractivity contribution is 6.01. The summed E-state index contributed by atoms with van der Waals surface area (Å²) < 4.78 is 13.2. The lowest BCUT2D eigenvalue weighted by Gasteiger charge is -2.37. The van der Waals surface area contributed by atoms with E-state index in [0.29, 0.717) is 50.4 Å². The minimum atomic E-state index is -0.474. The first-order chi connectivity index (χ1) is 11.5. The molecule has 1 spiro atoms. The summed E-state index contributed by atoms with van der Waals surface area (Å²) in [5.41, 5.74) is 3.83. The number of hydrogen-bond donors (Lipinski definition) is 0. The van der Waals surface area contributed by atoms with Gasteiger partial charge in [-0.15, -0.1) is 0 Å². The quantitative estimate of drug-likeness (QED) is 0.795. The monoisotopic (exact) mass is 330 g/mol. The summed E-state index contributed by atoms with van der Waals surface area (Å²) in [4.78, 5) is 19.5. The van der Waals surface area contributed by atoms with Gasteiger partial charge in [0.1, 0.15) is 5.56 Å². The number of hydrogen-bond acceptors (Lipinski definition) is 5. The largest absolute Gasteiger partial charge is 0.347 e. The molecule has 0 unspecified atom stereocenters. The van der Waals surface area contributed by atoms with Gasteiger partial charge in [0.15, 0.2) is 11.4 Å². The van der Waals surface area contributed by atoms with Gasteiger partial charge in [0.25, 0.3) is 5.91 Å². The van der Waals surface area contributed by atoms with Gasteiger partial charge in [0.2, 0.25) is 0 Å². The molecule has 2 aromatic rings. The number of carbonyl (C=O) groups excluding carboxylic acids is 1. The van der Waals surface area contributed by atoms with Crippen molar-refractivity contribution < 1.29 is 14.3 Å². The fourth-order valence-electron chi connectivity index (χ4n) is 3.67. The number of nitrogens with zero attached hydrogens (tertiary/aromatic N) is 4. The lowest BCUT2D eigenvalue weighted by atomic mass is 10.0. The molecule has 2 saturated heterocycles. The Labute approximate surface area is 140 Å². The summed E-state index contributed by atoms with van der Waals surface area (Å²) in [7, 11) is 0. The van der Waals surface area contributed by atoms with E-state index in [1.165, 1.54) is 0 Å². The second kappa shape index (κ2) is 5.53. The van der Waals surface area contributed by atoms with Crippen molar-refractivity contribution >= 4 is 11.6 Å². The Morgan fingerprint density at radius 2 is 1.83 bits per heavy atom. The van der Waals surface area contributed by atoms with Gasteiger partial charge in [-0.3, -0.25) is 4.79 Å². The smallest absolute Gasteiger partial charge is 0.259 e. The molecule has 0 aliphatic carbocycles. The number of fused-ring (bicyclic) bond motifs is 1. The number of likely N-dealkylation sites (tertiary alicyclic amines) is 1. The van der Waals surface area contributed by atoms with Crippen molar-refractivity contribution in [2.24, 2.45) is 0 Å². The zero-order valence-electron chi connectivity index (χ0n) is 14.3. The molecule has 7 nitrogen and oxygen atoms in total. The normalized spacial score (nSPS) is 20.2. The van der Waals surface area contributed by atoms with Crippen LogP contribution in [0.4, 0.5) is 0 Å². The van der Waals surface area contributed by atoms with E-state index < -0.39 is 5.79 Å². The van der Waals surface area contributed by atoms with E-state index in [4.69, 9.17) is 9.47 Å². The minimum Gasteiger partial charge on any atom is -0.347 e. The third-order valence-corrected chi connectivity index (χ3v) is 4.91. The molecular weight excluding hydrogens is 308 g/mol. The highest BCUT2D eigenvalue weighted by Crippen LogP contribution is 2.32. The Morgan fingerprint density at radius 3 is 2.50 bits per heavy atom. The number of ether oxygens (including phenoxy) is 2. The molecule has 24 heavy (non-hydrogen) atoms. The van der Waals surface area contributed by atoms with E-state index in [-0.39, 0.29) is 5.91 Å². The maximum atomic E-state index is 13.1. The Bertz CT molecular complexity index is 798. The van der Waals surface area contributed by atoms with Gasteiger partial charge in [0.05, 0.1) is 18.9 Å². The van der Waals surface area contributed by atoms with Crippen molar-refractivity contribution in [1.82, 2.24) is 19.5 Å². The molecule has 0 saturated carbocycles. The van der Waals surface area contributed by atoms with Crippen LogP contribution in [0.15, 0.2) is 6.07 Å². The zero-order valence-corrected chi connectivity index (χ0v) is 14.3. The number of carbonyl (C=O) groups is 1. The van der Waals surface area contributed by atoms with E-state index in [0.717, 1.165) is 17.1 Å². The molecular formula is C17H22N4O3. The summed E-state index contributed by atoms with van der Waals surface area (Å²) >= 11 is 0. The molecule has 2 aliphatic heterocycles. The molecule has 0 atom stereocenters. The predicted octanol–water partition coefficient (Wildman–Crippen LogP) is 1.63. The first-order valence-electron chi connectivity index (χ1n) is 8.40. The average Bonchev–Trinajstić information content (AvgIpc) is 3.12.